The van der Waals surface area contributed by atoms with Crippen LogP contribution >= 0.6 is 0 Å². The molecule has 0 fully saturated rings. The molecule has 3 rings (SSSR count). The zero-order valence-corrected chi connectivity index (χ0v) is 14.8. The van der Waals surface area contributed by atoms with Gasteiger partial charge in [0.1, 0.15) is 11.6 Å². The number of hydrogen-bond donors (Lipinski definition) is 3. The first-order chi connectivity index (χ1) is 12.0. The van der Waals surface area contributed by atoms with Crippen LogP contribution in [0.4, 0.5) is 0 Å². The molecule has 2 heterocycles. The largest absolute Gasteiger partial charge is 0.497 e. The van der Waals surface area contributed by atoms with Gasteiger partial charge in [0.15, 0.2) is 0 Å². The van der Waals surface area contributed by atoms with E-state index in [9.17, 15) is 4.79 Å². The SMILES string of the molecule is COc1cccc(-c2c[nH]cc2C(=O)NC(C)c2nc(C)c(C)[nH]2)c1. The Hall–Kier alpha value is -3.02. The van der Waals surface area contributed by atoms with E-state index in [1.807, 2.05) is 51.2 Å². The number of aryl methyl sites for hydroxylation is 2. The Morgan fingerprint density at radius 1 is 1.28 bits per heavy atom. The van der Waals surface area contributed by atoms with Crippen LogP contribution in [0.25, 0.3) is 11.1 Å². The predicted molar refractivity (Wildman–Crippen MR) is 96.7 cm³/mol. The van der Waals surface area contributed by atoms with Gasteiger partial charge in [-0.2, -0.15) is 0 Å². The van der Waals surface area contributed by atoms with Gasteiger partial charge in [0.2, 0.25) is 0 Å². The molecule has 0 aliphatic carbocycles. The molecular weight excluding hydrogens is 316 g/mol. The summed E-state index contributed by atoms with van der Waals surface area (Å²) >= 11 is 0. The Bertz CT molecular complexity index is 875. The number of rotatable bonds is 5. The molecule has 1 unspecified atom stereocenters. The van der Waals surface area contributed by atoms with Crippen molar-refractivity contribution in [3.05, 3.63) is 59.4 Å². The minimum atomic E-state index is -0.215. The average molecular weight is 338 g/mol. The molecular formula is C19H22N4O2. The van der Waals surface area contributed by atoms with E-state index in [0.29, 0.717) is 5.56 Å². The molecule has 25 heavy (non-hydrogen) atoms. The number of methoxy groups -OCH3 is 1. The Labute approximate surface area is 146 Å². The van der Waals surface area contributed by atoms with Gasteiger partial charge in [0, 0.05) is 23.7 Å². The number of hydrogen-bond acceptors (Lipinski definition) is 3. The monoisotopic (exact) mass is 338 g/mol. The topological polar surface area (TPSA) is 82.8 Å². The van der Waals surface area contributed by atoms with E-state index >= 15 is 0 Å². The van der Waals surface area contributed by atoms with Gasteiger partial charge in [0.25, 0.3) is 5.91 Å². The first kappa shape index (κ1) is 16.8. The maximum atomic E-state index is 12.7. The predicted octanol–water partition coefficient (Wildman–Crippen LogP) is 3.52. The number of nitrogens with one attached hydrogen (secondary N) is 3. The van der Waals surface area contributed by atoms with Crippen molar-refractivity contribution in [1.82, 2.24) is 20.3 Å². The van der Waals surface area contributed by atoms with Gasteiger partial charge in [0.05, 0.1) is 24.4 Å². The van der Waals surface area contributed by atoms with Gasteiger partial charge in [-0.25, -0.2) is 4.98 Å². The lowest BCUT2D eigenvalue weighted by atomic mass is 10.0. The minimum absolute atomic E-state index is 0.154. The van der Waals surface area contributed by atoms with Crippen molar-refractivity contribution in [3.8, 4) is 16.9 Å². The fraction of sp³-hybridized carbons (Fsp3) is 0.263. The van der Waals surface area contributed by atoms with Crippen LogP contribution in [-0.4, -0.2) is 28.0 Å². The molecule has 0 aliphatic rings. The van der Waals surface area contributed by atoms with Crippen molar-refractivity contribution < 1.29 is 9.53 Å². The van der Waals surface area contributed by atoms with Crippen molar-refractivity contribution in [2.24, 2.45) is 0 Å². The zero-order chi connectivity index (χ0) is 18.0. The van der Waals surface area contributed by atoms with Crippen LogP contribution < -0.4 is 10.1 Å². The molecule has 0 aliphatic heterocycles. The van der Waals surface area contributed by atoms with E-state index in [2.05, 4.69) is 20.3 Å². The summed E-state index contributed by atoms with van der Waals surface area (Å²) in [6.07, 6.45) is 3.52. The van der Waals surface area contributed by atoms with Gasteiger partial charge < -0.3 is 20.0 Å². The van der Waals surface area contributed by atoms with Crippen molar-refractivity contribution in [2.45, 2.75) is 26.8 Å². The second kappa shape index (κ2) is 6.84. The van der Waals surface area contributed by atoms with Gasteiger partial charge in [-0.15, -0.1) is 0 Å². The Morgan fingerprint density at radius 2 is 2.08 bits per heavy atom. The maximum Gasteiger partial charge on any atom is 0.254 e. The van der Waals surface area contributed by atoms with E-state index < -0.39 is 0 Å². The molecule has 1 amide bonds. The molecule has 1 aromatic carbocycles. The second-order valence-electron chi connectivity index (χ2n) is 6.04. The number of aromatic nitrogens is 3. The lowest BCUT2D eigenvalue weighted by molar-refractivity contribution is 0.0939. The summed E-state index contributed by atoms with van der Waals surface area (Å²) in [5.41, 5.74) is 4.28. The summed E-state index contributed by atoms with van der Waals surface area (Å²) in [5, 5.41) is 2.99. The van der Waals surface area contributed by atoms with E-state index in [1.165, 1.54) is 0 Å². The van der Waals surface area contributed by atoms with Crippen LogP contribution in [0, 0.1) is 13.8 Å². The molecule has 6 nitrogen and oxygen atoms in total. The highest BCUT2D eigenvalue weighted by molar-refractivity contribution is 6.01. The molecule has 0 radical (unpaired) electrons. The number of carbonyl (C=O) groups excluding carboxylic acids is 1. The van der Waals surface area contributed by atoms with E-state index in [1.54, 1.807) is 13.3 Å². The van der Waals surface area contributed by atoms with Crippen LogP contribution in [0.2, 0.25) is 0 Å². The molecule has 2 aromatic heterocycles. The molecule has 6 heteroatoms. The number of amides is 1. The average Bonchev–Trinajstić information content (AvgIpc) is 3.22. The highest BCUT2D eigenvalue weighted by atomic mass is 16.5. The molecule has 0 spiro atoms. The third-order valence-corrected chi connectivity index (χ3v) is 4.28. The summed E-state index contributed by atoms with van der Waals surface area (Å²) in [6, 6.07) is 7.42. The van der Waals surface area contributed by atoms with Crippen LogP contribution in [0.3, 0.4) is 0 Å². The van der Waals surface area contributed by atoms with E-state index in [-0.39, 0.29) is 11.9 Å². The highest BCUT2D eigenvalue weighted by Crippen LogP contribution is 2.27. The van der Waals surface area contributed by atoms with E-state index in [0.717, 1.165) is 34.1 Å². The first-order valence-electron chi connectivity index (χ1n) is 8.14. The molecule has 130 valence electrons. The molecule has 0 saturated carbocycles. The number of aromatic amines is 2. The van der Waals surface area contributed by atoms with Crippen molar-refractivity contribution in [3.63, 3.8) is 0 Å². The van der Waals surface area contributed by atoms with Crippen LogP contribution in [0.15, 0.2) is 36.7 Å². The third-order valence-electron chi connectivity index (χ3n) is 4.28. The number of nitrogens with zero attached hydrogens (tertiary/aromatic N) is 1. The molecule has 3 aromatic rings. The fourth-order valence-corrected chi connectivity index (χ4v) is 2.70. The van der Waals surface area contributed by atoms with Crippen molar-refractivity contribution >= 4 is 5.91 Å². The minimum Gasteiger partial charge on any atom is -0.497 e. The maximum absolute atomic E-state index is 12.7. The Kier molecular flexibility index (Phi) is 4.61. The lowest BCUT2D eigenvalue weighted by Gasteiger charge is -2.12. The number of carbonyl (C=O) groups is 1. The number of H-pyrrole nitrogens is 2. The molecule has 0 bridgehead atoms. The summed E-state index contributed by atoms with van der Waals surface area (Å²) in [6.45, 7) is 5.82. The van der Waals surface area contributed by atoms with Crippen molar-refractivity contribution in [2.75, 3.05) is 7.11 Å². The van der Waals surface area contributed by atoms with Gasteiger partial charge in [-0.3, -0.25) is 4.79 Å². The van der Waals surface area contributed by atoms with Gasteiger partial charge >= 0.3 is 0 Å². The number of ether oxygens (including phenoxy) is 1. The quantitative estimate of drug-likeness (QED) is 0.665. The van der Waals surface area contributed by atoms with Crippen LogP contribution in [0.1, 0.15) is 40.5 Å². The van der Waals surface area contributed by atoms with Crippen molar-refractivity contribution in [1.29, 1.82) is 0 Å². The molecule has 3 N–H and O–H groups in total. The summed E-state index contributed by atoms with van der Waals surface area (Å²) in [4.78, 5) is 23.4. The lowest BCUT2D eigenvalue weighted by Crippen LogP contribution is -2.27. The van der Waals surface area contributed by atoms with Gasteiger partial charge in [-0.05, 0) is 38.5 Å². The number of benzene rings is 1. The molecule has 1 atom stereocenters. The normalized spacial score (nSPS) is 12.0. The van der Waals surface area contributed by atoms with Crippen LogP contribution in [0.5, 0.6) is 5.75 Å². The fourth-order valence-electron chi connectivity index (χ4n) is 2.70. The highest BCUT2D eigenvalue weighted by Gasteiger charge is 2.19. The molecule has 0 saturated heterocycles. The zero-order valence-electron chi connectivity index (χ0n) is 14.8. The third kappa shape index (κ3) is 3.42. The first-order valence-corrected chi connectivity index (χ1v) is 8.14. The Morgan fingerprint density at radius 3 is 2.76 bits per heavy atom. The van der Waals surface area contributed by atoms with Crippen LogP contribution in [-0.2, 0) is 0 Å². The summed E-state index contributed by atoms with van der Waals surface area (Å²) in [5.74, 6) is 1.35. The second-order valence-corrected chi connectivity index (χ2v) is 6.04. The smallest absolute Gasteiger partial charge is 0.254 e. The van der Waals surface area contributed by atoms with Gasteiger partial charge in [-0.1, -0.05) is 12.1 Å². The summed E-state index contributed by atoms with van der Waals surface area (Å²) < 4.78 is 5.27. The summed E-state index contributed by atoms with van der Waals surface area (Å²) in [7, 11) is 1.62. The standard InChI is InChI=1S/C19H22N4O2/c1-11-12(2)22-18(21-11)13(3)23-19(24)17-10-20-9-16(17)14-6-5-7-15(8-14)25-4/h5-10,13,20H,1-4H3,(H,21,22)(H,23,24). The Balaban J connectivity index is 1.82. The van der Waals surface area contributed by atoms with E-state index in [4.69, 9.17) is 4.74 Å². The number of imidazole rings is 1.